The van der Waals surface area contributed by atoms with E-state index in [2.05, 4.69) is 28.9 Å². The third-order valence-electron chi connectivity index (χ3n) is 6.15. The maximum atomic E-state index is 13.4. The summed E-state index contributed by atoms with van der Waals surface area (Å²) in [5.41, 5.74) is 7.14. The van der Waals surface area contributed by atoms with Gasteiger partial charge in [0.1, 0.15) is 12.1 Å². The fourth-order valence-electron chi connectivity index (χ4n) is 4.56. The molecule has 3 aromatic heterocycles. The molecule has 0 saturated heterocycles. The topological polar surface area (TPSA) is 81.7 Å². The molecule has 1 atom stereocenters. The van der Waals surface area contributed by atoms with Crippen molar-refractivity contribution in [2.45, 2.75) is 53.6 Å². The number of nitrogens with zero attached hydrogens (tertiary/aromatic N) is 6. The number of rotatable bonds is 7. The van der Waals surface area contributed by atoms with Crippen LogP contribution in [0.15, 0.2) is 36.7 Å². The molecule has 4 aromatic rings. The average molecular weight is 463 g/mol. The average Bonchev–Trinajstić information content (AvgIpc) is 3.23. The van der Waals surface area contributed by atoms with Crippen molar-refractivity contribution in [3.8, 4) is 17.1 Å². The van der Waals surface area contributed by atoms with Crippen LogP contribution in [0.4, 0.5) is 4.39 Å². The second kappa shape index (κ2) is 9.46. The molecule has 0 radical (unpaired) electrons. The van der Waals surface area contributed by atoms with E-state index in [4.69, 9.17) is 5.10 Å². The molecule has 0 spiro atoms. The molecule has 3 heterocycles. The van der Waals surface area contributed by atoms with Crippen molar-refractivity contribution in [1.29, 1.82) is 0 Å². The molecule has 7 nitrogen and oxygen atoms in total. The van der Waals surface area contributed by atoms with E-state index in [0.717, 1.165) is 45.2 Å². The molecule has 0 fully saturated rings. The van der Waals surface area contributed by atoms with E-state index in [-0.39, 0.29) is 5.82 Å². The van der Waals surface area contributed by atoms with E-state index in [1.807, 2.05) is 38.6 Å². The van der Waals surface area contributed by atoms with Crippen molar-refractivity contribution >= 4 is 0 Å². The molecule has 178 valence electrons. The number of aryl methyl sites for hydroxylation is 2. The Labute approximate surface area is 199 Å². The lowest BCUT2D eigenvalue weighted by Crippen LogP contribution is -2.07. The predicted molar refractivity (Wildman–Crippen MR) is 129 cm³/mol. The Hall–Kier alpha value is -3.39. The molecule has 8 heteroatoms. The van der Waals surface area contributed by atoms with Gasteiger partial charge < -0.3 is 5.11 Å². The Kier molecular flexibility index (Phi) is 6.61. The monoisotopic (exact) mass is 462 g/mol. The van der Waals surface area contributed by atoms with Crippen LogP contribution in [0, 0.1) is 32.5 Å². The van der Waals surface area contributed by atoms with Crippen molar-refractivity contribution in [2.24, 2.45) is 13.0 Å². The van der Waals surface area contributed by atoms with Crippen LogP contribution in [-0.2, 0) is 13.5 Å². The molecular weight excluding hydrogens is 431 g/mol. The van der Waals surface area contributed by atoms with Crippen LogP contribution in [0.5, 0.6) is 0 Å². The van der Waals surface area contributed by atoms with Gasteiger partial charge in [-0.05, 0) is 62.9 Å². The van der Waals surface area contributed by atoms with E-state index in [0.29, 0.717) is 24.6 Å². The quantitative estimate of drug-likeness (QED) is 0.427. The Morgan fingerprint density at radius 2 is 1.74 bits per heavy atom. The molecular formula is C26H31FN6O. The van der Waals surface area contributed by atoms with Crippen LogP contribution >= 0.6 is 0 Å². The number of hydrogen-bond donors (Lipinski definition) is 1. The summed E-state index contributed by atoms with van der Waals surface area (Å²) in [6, 6.07) is 8.35. The van der Waals surface area contributed by atoms with E-state index in [9.17, 15) is 9.50 Å². The summed E-state index contributed by atoms with van der Waals surface area (Å²) in [5, 5.41) is 20.1. The molecule has 0 aliphatic rings. The van der Waals surface area contributed by atoms with Crippen molar-refractivity contribution in [3.63, 3.8) is 0 Å². The normalized spacial score (nSPS) is 12.5. The first-order chi connectivity index (χ1) is 16.2. The van der Waals surface area contributed by atoms with Gasteiger partial charge >= 0.3 is 0 Å². The van der Waals surface area contributed by atoms with E-state index < -0.39 is 6.10 Å². The maximum absolute atomic E-state index is 13.4. The standard InChI is InChI=1S/C26H31FN6O/c1-15(2)11-23(34)25-17(4)30-33(18(25)5)24-13-21(28-14-29-24)12-22-16(3)26(32(6)31-22)19-7-9-20(27)10-8-19/h7-10,13-15,23,34H,11-12H2,1-6H3. The summed E-state index contributed by atoms with van der Waals surface area (Å²) < 4.78 is 17.0. The molecule has 0 amide bonds. The molecule has 1 aromatic carbocycles. The first-order valence-electron chi connectivity index (χ1n) is 11.5. The number of benzene rings is 1. The van der Waals surface area contributed by atoms with Gasteiger partial charge in [0, 0.05) is 36.4 Å². The molecule has 4 rings (SSSR count). The minimum absolute atomic E-state index is 0.263. The van der Waals surface area contributed by atoms with Gasteiger partial charge in [-0.2, -0.15) is 10.2 Å². The highest BCUT2D eigenvalue weighted by atomic mass is 19.1. The summed E-state index contributed by atoms with van der Waals surface area (Å²) in [4.78, 5) is 8.89. The lowest BCUT2D eigenvalue weighted by molar-refractivity contribution is 0.149. The Morgan fingerprint density at radius 3 is 2.41 bits per heavy atom. The zero-order chi connectivity index (χ0) is 24.6. The van der Waals surface area contributed by atoms with Crippen LogP contribution in [0.25, 0.3) is 17.1 Å². The first kappa shape index (κ1) is 23.8. The summed E-state index contributed by atoms with van der Waals surface area (Å²) in [6.07, 6.45) is 2.18. The van der Waals surface area contributed by atoms with Gasteiger partial charge in [0.05, 0.1) is 28.9 Å². The van der Waals surface area contributed by atoms with Gasteiger partial charge in [-0.25, -0.2) is 19.0 Å². The second-order valence-corrected chi connectivity index (χ2v) is 9.24. The fraction of sp³-hybridized carbons (Fsp3) is 0.385. The minimum atomic E-state index is -0.559. The smallest absolute Gasteiger partial charge is 0.157 e. The first-order valence-corrected chi connectivity index (χ1v) is 11.5. The summed E-state index contributed by atoms with van der Waals surface area (Å²) in [5.74, 6) is 0.770. The van der Waals surface area contributed by atoms with Crippen LogP contribution in [0.2, 0.25) is 0 Å². The number of hydrogen-bond acceptors (Lipinski definition) is 5. The fourth-order valence-corrected chi connectivity index (χ4v) is 4.56. The van der Waals surface area contributed by atoms with E-state index in [1.54, 1.807) is 16.8 Å². The molecule has 34 heavy (non-hydrogen) atoms. The molecule has 0 aliphatic carbocycles. The SMILES string of the molecule is Cc1nn(-c2cc(Cc3nn(C)c(-c4ccc(F)cc4)c3C)ncn2)c(C)c1C(O)CC(C)C. The minimum Gasteiger partial charge on any atom is -0.388 e. The van der Waals surface area contributed by atoms with Crippen molar-refractivity contribution in [2.75, 3.05) is 0 Å². The lowest BCUT2D eigenvalue weighted by atomic mass is 9.98. The lowest BCUT2D eigenvalue weighted by Gasteiger charge is -2.14. The zero-order valence-electron chi connectivity index (χ0n) is 20.5. The van der Waals surface area contributed by atoms with Crippen LogP contribution in [-0.4, -0.2) is 34.6 Å². The highest BCUT2D eigenvalue weighted by Gasteiger charge is 2.22. The van der Waals surface area contributed by atoms with Crippen molar-refractivity contribution in [3.05, 3.63) is 76.4 Å². The van der Waals surface area contributed by atoms with Crippen molar-refractivity contribution in [1.82, 2.24) is 29.5 Å². The van der Waals surface area contributed by atoms with Gasteiger partial charge in [0.25, 0.3) is 0 Å². The predicted octanol–water partition coefficient (Wildman–Crippen LogP) is 4.80. The van der Waals surface area contributed by atoms with Gasteiger partial charge in [0.2, 0.25) is 0 Å². The number of aliphatic hydroxyl groups excluding tert-OH is 1. The summed E-state index contributed by atoms with van der Waals surface area (Å²) in [6.45, 7) is 10.1. The number of halogens is 1. The van der Waals surface area contributed by atoms with E-state index in [1.165, 1.54) is 18.5 Å². The van der Waals surface area contributed by atoms with Gasteiger partial charge in [-0.3, -0.25) is 4.68 Å². The van der Waals surface area contributed by atoms with Gasteiger partial charge in [0.15, 0.2) is 5.82 Å². The molecule has 0 aliphatic heterocycles. The van der Waals surface area contributed by atoms with Gasteiger partial charge in [-0.1, -0.05) is 13.8 Å². The zero-order valence-corrected chi connectivity index (χ0v) is 20.5. The summed E-state index contributed by atoms with van der Waals surface area (Å²) >= 11 is 0. The van der Waals surface area contributed by atoms with Crippen LogP contribution < -0.4 is 0 Å². The molecule has 0 saturated carbocycles. The largest absolute Gasteiger partial charge is 0.388 e. The molecule has 0 bridgehead atoms. The number of aromatic nitrogens is 6. The Bertz CT molecular complexity index is 1310. The van der Waals surface area contributed by atoms with E-state index >= 15 is 0 Å². The van der Waals surface area contributed by atoms with Crippen molar-refractivity contribution < 1.29 is 9.50 Å². The van der Waals surface area contributed by atoms with Crippen LogP contribution in [0.3, 0.4) is 0 Å². The molecule has 1 unspecified atom stereocenters. The highest BCUT2D eigenvalue weighted by molar-refractivity contribution is 5.64. The van der Waals surface area contributed by atoms with Crippen LogP contribution in [0.1, 0.15) is 60.3 Å². The van der Waals surface area contributed by atoms with Gasteiger partial charge in [-0.15, -0.1) is 0 Å². The number of aliphatic hydroxyl groups is 1. The summed E-state index contributed by atoms with van der Waals surface area (Å²) in [7, 11) is 1.89. The second-order valence-electron chi connectivity index (χ2n) is 9.24. The third kappa shape index (κ3) is 4.63. The third-order valence-corrected chi connectivity index (χ3v) is 6.15. The Morgan fingerprint density at radius 1 is 1.03 bits per heavy atom. The molecule has 1 N–H and O–H groups in total. The highest BCUT2D eigenvalue weighted by Crippen LogP contribution is 2.29. The Balaban J connectivity index is 1.64. The maximum Gasteiger partial charge on any atom is 0.157 e.